The molecule has 1 aromatic carbocycles. The van der Waals surface area contributed by atoms with Crippen molar-refractivity contribution in [2.24, 2.45) is 7.05 Å². The molecule has 4 rings (SSSR count). The van der Waals surface area contributed by atoms with Crippen LogP contribution in [0.25, 0.3) is 17.0 Å². The van der Waals surface area contributed by atoms with Crippen LogP contribution >= 0.6 is 11.8 Å². The SMILES string of the molecule is COc1ccc2c(CCNC(=O)CN3C(=O)SC(=Cc4cccn4C)C3=O)c[nH]c2c1. The van der Waals surface area contributed by atoms with Crippen LogP contribution in [0.5, 0.6) is 5.75 Å². The Kier molecular flexibility index (Phi) is 5.85. The molecule has 0 unspecified atom stereocenters. The molecule has 0 bridgehead atoms. The molecule has 0 atom stereocenters. The maximum Gasteiger partial charge on any atom is 0.294 e. The second-order valence-corrected chi connectivity index (χ2v) is 8.13. The van der Waals surface area contributed by atoms with Gasteiger partial charge in [0.2, 0.25) is 5.91 Å². The Morgan fingerprint density at radius 1 is 1.29 bits per heavy atom. The number of H-pyrrole nitrogens is 1. The molecule has 31 heavy (non-hydrogen) atoms. The third-order valence-corrected chi connectivity index (χ3v) is 6.04. The summed E-state index contributed by atoms with van der Waals surface area (Å²) in [5.41, 5.74) is 2.84. The van der Waals surface area contributed by atoms with Crippen LogP contribution in [0.2, 0.25) is 0 Å². The minimum absolute atomic E-state index is 0.291. The molecule has 160 valence electrons. The molecule has 0 radical (unpaired) electrons. The van der Waals surface area contributed by atoms with E-state index in [1.54, 1.807) is 13.2 Å². The van der Waals surface area contributed by atoms with Gasteiger partial charge in [0.1, 0.15) is 12.3 Å². The monoisotopic (exact) mass is 438 g/mol. The summed E-state index contributed by atoms with van der Waals surface area (Å²) in [7, 11) is 3.48. The van der Waals surface area contributed by atoms with Gasteiger partial charge in [-0.3, -0.25) is 19.3 Å². The van der Waals surface area contributed by atoms with Gasteiger partial charge in [0.05, 0.1) is 12.0 Å². The molecule has 9 heteroatoms. The molecule has 3 amide bonds. The van der Waals surface area contributed by atoms with Crippen molar-refractivity contribution in [1.82, 2.24) is 19.8 Å². The van der Waals surface area contributed by atoms with Crippen molar-refractivity contribution in [3.63, 3.8) is 0 Å². The minimum atomic E-state index is -0.447. The van der Waals surface area contributed by atoms with Gasteiger partial charge in [-0.2, -0.15) is 0 Å². The second-order valence-electron chi connectivity index (χ2n) is 7.14. The van der Waals surface area contributed by atoms with Crippen LogP contribution in [0.15, 0.2) is 47.6 Å². The maximum atomic E-state index is 12.6. The summed E-state index contributed by atoms with van der Waals surface area (Å²) in [4.78, 5) is 41.6. The zero-order valence-corrected chi connectivity index (χ0v) is 18.0. The summed E-state index contributed by atoms with van der Waals surface area (Å²) < 4.78 is 7.07. The highest BCUT2D eigenvalue weighted by Crippen LogP contribution is 2.32. The van der Waals surface area contributed by atoms with Crippen molar-refractivity contribution in [3.05, 3.63) is 58.9 Å². The highest BCUT2D eigenvalue weighted by Gasteiger charge is 2.36. The Balaban J connectivity index is 1.33. The largest absolute Gasteiger partial charge is 0.497 e. The van der Waals surface area contributed by atoms with Crippen LogP contribution in [0, 0.1) is 0 Å². The molecule has 1 aliphatic heterocycles. The van der Waals surface area contributed by atoms with Crippen molar-refractivity contribution in [2.45, 2.75) is 6.42 Å². The van der Waals surface area contributed by atoms with E-state index < -0.39 is 11.1 Å². The summed E-state index contributed by atoms with van der Waals surface area (Å²) in [6.45, 7) is 0.105. The molecule has 2 N–H and O–H groups in total. The molecule has 1 aliphatic rings. The summed E-state index contributed by atoms with van der Waals surface area (Å²) >= 11 is 0.848. The molecule has 1 saturated heterocycles. The number of aromatic nitrogens is 2. The summed E-state index contributed by atoms with van der Waals surface area (Å²) in [6, 6.07) is 9.48. The molecule has 0 aliphatic carbocycles. The fourth-order valence-electron chi connectivity index (χ4n) is 3.43. The van der Waals surface area contributed by atoms with Crippen molar-refractivity contribution in [3.8, 4) is 5.75 Å². The number of nitrogens with one attached hydrogen (secondary N) is 2. The Morgan fingerprint density at radius 3 is 2.87 bits per heavy atom. The first-order chi connectivity index (χ1) is 15.0. The molecule has 3 aromatic rings. The fraction of sp³-hybridized carbons (Fsp3) is 0.227. The number of nitrogens with zero attached hydrogens (tertiary/aromatic N) is 2. The Labute approximate surface area is 183 Å². The number of fused-ring (bicyclic) bond motifs is 1. The van der Waals surface area contributed by atoms with Crippen molar-refractivity contribution >= 4 is 45.8 Å². The number of aryl methyl sites for hydroxylation is 1. The average Bonchev–Trinajstić information content (AvgIpc) is 3.42. The molecule has 2 aromatic heterocycles. The van der Waals surface area contributed by atoms with E-state index in [0.29, 0.717) is 17.9 Å². The first-order valence-electron chi connectivity index (χ1n) is 9.73. The van der Waals surface area contributed by atoms with E-state index in [-0.39, 0.29) is 12.5 Å². The summed E-state index contributed by atoms with van der Waals surface area (Å²) in [6.07, 6.45) is 6.04. The van der Waals surface area contributed by atoms with Gasteiger partial charge in [-0.25, -0.2) is 0 Å². The number of benzene rings is 1. The predicted molar refractivity (Wildman–Crippen MR) is 120 cm³/mol. The number of thioether (sulfide) groups is 1. The lowest BCUT2D eigenvalue weighted by molar-refractivity contribution is -0.129. The first-order valence-corrected chi connectivity index (χ1v) is 10.6. The van der Waals surface area contributed by atoms with E-state index in [4.69, 9.17) is 4.74 Å². The molecule has 1 fully saturated rings. The lowest BCUT2D eigenvalue weighted by Crippen LogP contribution is -2.40. The molecule has 3 heterocycles. The number of carbonyl (C=O) groups is 3. The van der Waals surface area contributed by atoms with Crippen LogP contribution in [-0.4, -0.2) is 51.7 Å². The van der Waals surface area contributed by atoms with Crippen LogP contribution < -0.4 is 10.1 Å². The number of hydrogen-bond acceptors (Lipinski definition) is 5. The van der Waals surface area contributed by atoms with Gasteiger partial charge in [-0.15, -0.1) is 0 Å². The van der Waals surface area contributed by atoms with Crippen LogP contribution in [-0.2, 0) is 23.1 Å². The smallest absolute Gasteiger partial charge is 0.294 e. The number of aromatic amines is 1. The molecule has 8 nitrogen and oxygen atoms in total. The normalized spacial score (nSPS) is 15.3. The third kappa shape index (κ3) is 4.36. The lowest BCUT2D eigenvalue weighted by Gasteiger charge is -2.12. The Hall–Kier alpha value is -3.46. The van der Waals surface area contributed by atoms with Gasteiger partial charge in [-0.1, -0.05) is 0 Å². The number of hydrogen-bond donors (Lipinski definition) is 2. The zero-order valence-electron chi connectivity index (χ0n) is 17.2. The number of amides is 3. The third-order valence-electron chi connectivity index (χ3n) is 5.13. The lowest BCUT2D eigenvalue weighted by atomic mass is 10.1. The van der Waals surface area contributed by atoms with Gasteiger partial charge in [0.25, 0.3) is 11.1 Å². The number of imide groups is 1. The van der Waals surface area contributed by atoms with E-state index in [9.17, 15) is 14.4 Å². The second kappa shape index (κ2) is 8.73. The predicted octanol–water partition coefficient (Wildman–Crippen LogP) is 2.91. The minimum Gasteiger partial charge on any atom is -0.497 e. The average molecular weight is 439 g/mol. The quantitative estimate of drug-likeness (QED) is 0.553. The number of ether oxygens (including phenoxy) is 1. The Bertz CT molecular complexity index is 1190. The summed E-state index contributed by atoms with van der Waals surface area (Å²) in [5, 5.41) is 3.41. The van der Waals surface area contributed by atoms with Gasteiger partial charge in [0, 0.05) is 48.6 Å². The van der Waals surface area contributed by atoms with E-state index in [2.05, 4.69) is 10.3 Å². The molecule has 0 saturated carbocycles. The number of methoxy groups -OCH3 is 1. The Morgan fingerprint density at radius 2 is 2.13 bits per heavy atom. The highest BCUT2D eigenvalue weighted by molar-refractivity contribution is 8.18. The summed E-state index contributed by atoms with van der Waals surface area (Å²) in [5.74, 6) is -0.0478. The standard InChI is InChI=1S/C22H22N4O4S/c1-25-9-3-4-15(25)10-19-21(28)26(22(29)31-19)13-20(27)23-8-7-14-12-24-18-11-16(30-2)5-6-17(14)18/h3-6,9-12,24H,7-8,13H2,1-2H3,(H,23,27). The molecule has 0 spiro atoms. The van der Waals surface area contributed by atoms with E-state index >= 15 is 0 Å². The van der Waals surface area contributed by atoms with Gasteiger partial charge < -0.3 is 19.6 Å². The molecular formula is C22H22N4O4S. The van der Waals surface area contributed by atoms with E-state index in [0.717, 1.165) is 44.6 Å². The van der Waals surface area contributed by atoms with Crippen LogP contribution in [0.3, 0.4) is 0 Å². The highest BCUT2D eigenvalue weighted by atomic mass is 32.2. The molecular weight excluding hydrogens is 416 g/mol. The van der Waals surface area contributed by atoms with Gasteiger partial charge >= 0.3 is 0 Å². The number of carbonyl (C=O) groups excluding carboxylic acids is 3. The van der Waals surface area contributed by atoms with Crippen LogP contribution in [0.4, 0.5) is 4.79 Å². The first kappa shape index (κ1) is 20.8. The van der Waals surface area contributed by atoms with E-state index in [1.165, 1.54) is 0 Å². The fourth-order valence-corrected chi connectivity index (χ4v) is 4.25. The zero-order chi connectivity index (χ0) is 22.0. The van der Waals surface area contributed by atoms with Crippen molar-refractivity contribution < 1.29 is 19.1 Å². The van der Waals surface area contributed by atoms with E-state index in [1.807, 2.05) is 54.3 Å². The topological polar surface area (TPSA) is 96.4 Å². The van der Waals surface area contributed by atoms with Crippen LogP contribution in [0.1, 0.15) is 11.3 Å². The van der Waals surface area contributed by atoms with Gasteiger partial charge in [-0.05, 0) is 54.1 Å². The number of rotatable bonds is 7. The van der Waals surface area contributed by atoms with Crippen molar-refractivity contribution in [1.29, 1.82) is 0 Å². The van der Waals surface area contributed by atoms with Gasteiger partial charge in [0.15, 0.2) is 0 Å². The maximum absolute atomic E-state index is 12.6. The van der Waals surface area contributed by atoms with Crippen molar-refractivity contribution in [2.75, 3.05) is 20.2 Å².